The van der Waals surface area contributed by atoms with Crippen LogP contribution in [0.25, 0.3) is 0 Å². The molecule has 1 aromatic carbocycles. The van der Waals surface area contributed by atoms with E-state index >= 15 is 0 Å². The molecule has 6 heteroatoms. The summed E-state index contributed by atoms with van der Waals surface area (Å²) in [7, 11) is 0. The molecule has 0 bridgehead atoms. The Kier molecular flexibility index (Phi) is 4.24. The molecule has 0 aliphatic heterocycles. The Bertz CT molecular complexity index is 643. The molecule has 2 aromatic rings. The number of hydrogen-bond donors (Lipinski definition) is 2. The molecule has 0 fully saturated rings. The summed E-state index contributed by atoms with van der Waals surface area (Å²) in [5, 5.41) is 2.96. The standard InChI is InChI=1S/C14H17N3O3/c1-10(2)15-12-8-13(18)17(14(19)16-12)20-9-11-6-4-3-5-7-11/h3-8,10,15H,9H2,1-2H3,(H,16,19). The number of nitrogens with zero attached hydrogens (tertiary/aromatic N) is 1. The van der Waals surface area contributed by atoms with Gasteiger partial charge in [-0.3, -0.25) is 9.78 Å². The van der Waals surface area contributed by atoms with Crippen LogP contribution in [0.2, 0.25) is 0 Å². The second-order valence-corrected chi connectivity index (χ2v) is 4.68. The molecule has 0 aliphatic carbocycles. The molecule has 1 heterocycles. The first kappa shape index (κ1) is 13.9. The second kappa shape index (κ2) is 6.10. The van der Waals surface area contributed by atoms with Gasteiger partial charge in [-0.25, -0.2) is 4.79 Å². The fourth-order valence-electron chi connectivity index (χ4n) is 1.71. The van der Waals surface area contributed by atoms with Crippen LogP contribution >= 0.6 is 0 Å². The minimum Gasteiger partial charge on any atom is -0.401 e. The van der Waals surface area contributed by atoms with Crippen molar-refractivity contribution in [2.75, 3.05) is 5.32 Å². The highest BCUT2D eigenvalue weighted by atomic mass is 16.7. The summed E-state index contributed by atoms with van der Waals surface area (Å²) in [6.07, 6.45) is 0. The molecule has 6 nitrogen and oxygen atoms in total. The number of benzene rings is 1. The maximum absolute atomic E-state index is 11.8. The Morgan fingerprint density at radius 3 is 2.55 bits per heavy atom. The largest absolute Gasteiger partial charge is 0.401 e. The Hall–Kier alpha value is -2.50. The van der Waals surface area contributed by atoms with Crippen LogP contribution in [0.3, 0.4) is 0 Å². The van der Waals surface area contributed by atoms with Crippen molar-refractivity contribution >= 4 is 5.82 Å². The van der Waals surface area contributed by atoms with Gasteiger partial charge in [0, 0.05) is 12.1 Å². The zero-order valence-corrected chi connectivity index (χ0v) is 11.4. The summed E-state index contributed by atoms with van der Waals surface area (Å²) in [5.74, 6) is 0.384. The van der Waals surface area contributed by atoms with Crippen molar-refractivity contribution in [3.05, 3.63) is 62.8 Å². The summed E-state index contributed by atoms with van der Waals surface area (Å²) < 4.78 is 0.721. The van der Waals surface area contributed by atoms with Crippen LogP contribution in [-0.4, -0.2) is 15.8 Å². The van der Waals surface area contributed by atoms with Crippen molar-refractivity contribution in [2.45, 2.75) is 26.5 Å². The number of H-pyrrole nitrogens is 1. The van der Waals surface area contributed by atoms with Crippen LogP contribution in [0.5, 0.6) is 0 Å². The van der Waals surface area contributed by atoms with Gasteiger partial charge < -0.3 is 10.2 Å². The minimum atomic E-state index is -0.600. The number of aromatic nitrogens is 2. The molecule has 0 aliphatic rings. The first-order chi connectivity index (χ1) is 9.56. The van der Waals surface area contributed by atoms with Gasteiger partial charge in [-0.1, -0.05) is 35.1 Å². The van der Waals surface area contributed by atoms with Gasteiger partial charge in [0.05, 0.1) is 0 Å². The van der Waals surface area contributed by atoms with E-state index in [4.69, 9.17) is 4.84 Å². The third-order valence-electron chi connectivity index (χ3n) is 2.54. The average Bonchev–Trinajstić information content (AvgIpc) is 2.38. The van der Waals surface area contributed by atoms with Crippen LogP contribution in [-0.2, 0) is 6.61 Å². The molecule has 0 saturated carbocycles. The maximum atomic E-state index is 11.8. The molecule has 0 saturated heterocycles. The van der Waals surface area contributed by atoms with Crippen LogP contribution in [0.1, 0.15) is 19.4 Å². The van der Waals surface area contributed by atoms with Crippen molar-refractivity contribution in [3.63, 3.8) is 0 Å². The second-order valence-electron chi connectivity index (χ2n) is 4.68. The van der Waals surface area contributed by atoms with E-state index in [2.05, 4.69) is 10.3 Å². The minimum absolute atomic E-state index is 0.117. The summed E-state index contributed by atoms with van der Waals surface area (Å²) >= 11 is 0. The lowest BCUT2D eigenvalue weighted by atomic mass is 10.2. The van der Waals surface area contributed by atoms with E-state index in [0.717, 1.165) is 10.3 Å². The van der Waals surface area contributed by atoms with E-state index in [-0.39, 0.29) is 12.6 Å². The molecule has 20 heavy (non-hydrogen) atoms. The van der Waals surface area contributed by atoms with E-state index < -0.39 is 11.2 Å². The van der Waals surface area contributed by atoms with E-state index in [0.29, 0.717) is 5.82 Å². The smallest absolute Gasteiger partial charge is 0.363 e. The average molecular weight is 275 g/mol. The highest BCUT2D eigenvalue weighted by Crippen LogP contribution is 1.99. The van der Waals surface area contributed by atoms with E-state index in [1.165, 1.54) is 6.07 Å². The lowest BCUT2D eigenvalue weighted by Crippen LogP contribution is -2.40. The molecule has 0 atom stereocenters. The highest BCUT2D eigenvalue weighted by Gasteiger charge is 2.06. The molecule has 0 amide bonds. The van der Waals surface area contributed by atoms with Crippen LogP contribution in [0, 0.1) is 0 Å². The molecule has 106 valence electrons. The summed E-state index contributed by atoms with van der Waals surface area (Å²) in [5.41, 5.74) is -0.229. The van der Waals surface area contributed by atoms with Crippen LogP contribution in [0.15, 0.2) is 46.0 Å². The summed E-state index contributed by atoms with van der Waals surface area (Å²) in [6.45, 7) is 3.98. The summed E-state index contributed by atoms with van der Waals surface area (Å²) in [4.78, 5) is 31.4. The monoisotopic (exact) mass is 275 g/mol. The number of rotatable bonds is 5. The lowest BCUT2D eigenvalue weighted by Gasteiger charge is -2.11. The zero-order chi connectivity index (χ0) is 14.5. The number of anilines is 1. The quantitative estimate of drug-likeness (QED) is 0.853. The number of nitrogens with one attached hydrogen (secondary N) is 2. The van der Waals surface area contributed by atoms with E-state index in [9.17, 15) is 9.59 Å². The van der Waals surface area contributed by atoms with Crippen molar-refractivity contribution in [2.24, 2.45) is 0 Å². The Balaban J connectivity index is 2.17. The van der Waals surface area contributed by atoms with Gasteiger partial charge in [0.2, 0.25) is 0 Å². The van der Waals surface area contributed by atoms with Crippen molar-refractivity contribution in [3.8, 4) is 0 Å². The normalized spacial score (nSPS) is 10.6. The Morgan fingerprint density at radius 2 is 1.95 bits per heavy atom. The Morgan fingerprint density at radius 1 is 1.25 bits per heavy atom. The maximum Gasteiger partial charge on any atom is 0.363 e. The molecule has 0 unspecified atom stereocenters. The molecular weight excluding hydrogens is 258 g/mol. The number of aromatic amines is 1. The van der Waals surface area contributed by atoms with Gasteiger partial charge in [0.1, 0.15) is 12.4 Å². The molecular formula is C14H17N3O3. The van der Waals surface area contributed by atoms with Crippen molar-refractivity contribution < 1.29 is 4.84 Å². The SMILES string of the molecule is CC(C)Nc1cc(=O)n(OCc2ccccc2)c(=O)[nH]1. The number of hydrogen-bond acceptors (Lipinski definition) is 4. The predicted molar refractivity (Wildman–Crippen MR) is 76.8 cm³/mol. The Labute approximate surface area is 116 Å². The molecule has 1 aromatic heterocycles. The fraction of sp³-hybridized carbons (Fsp3) is 0.286. The van der Waals surface area contributed by atoms with Gasteiger partial charge >= 0.3 is 5.69 Å². The van der Waals surface area contributed by atoms with Gasteiger partial charge in [-0.2, -0.15) is 0 Å². The molecule has 0 spiro atoms. The van der Waals surface area contributed by atoms with Gasteiger partial charge in [-0.15, -0.1) is 0 Å². The molecule has 0 radical (unpaired) electrons. The molecule has 2 rings (SSSR count). The van der Waals surface area contributed by atoms with Crippen molar-refractivity contribution in [1.82, 2.24) is 9.71 Å². The van der Waals surface area contributed by atoms with Crippen molar-refractivity contribution in [1.29, 1.82) is 0 Å². The summed E-state index contributed by atoms with van der Waals surface area (Å²) in [6, 6.07) is 10.7. The first-order valence-electron chi connectivity index (χ1n) is 6.36. The molecule has 2 N–H and O–H groups in total. The predicted octanol–water partition coefficient (Wildman–Crippen LogP) is 0.986. The first-order valence-corrected chi connectivity index (χ1v) is 6.36. The third-order valence-corrected chi connectivity index (χ3v) is 2.54. The van der Waals surface area contributed by atoms with Gasteiger partial charge in [0.25, 0.3) is 5.56 Å². The fourth-order valence-corrected chi connectivity index (χ4v) is 1.71. The van der Waals surface area contributed by atoms with Gasteiger partial charge in [0.15, 0.2) is 0 Å². The highest BCUT2D eigenvalue weighted by molar-refractivity contribution is 5.32. The van der Waals surface area contributed by atoms with Gasteiger partial charge in [-0.05, 0) is 19.4 Å². The van der Waals surface area contributed by atoms with Crippen LogP contribution < -0.4 is 21.4 Å². The lowest BCUT2D eigenvalue weighted by molar-refractivity contribution is 0.0792. The van der Waals surface area contributed by atoms with E-state index in [1.807, 2.05) is 44.2 Å². The third kappa shape index (κ3) is 3.50. The zero-order valence-electron chi connectivity index (χ0n) is 11.4. The van der Waals surface area contributed by atoms with Crippen LogP contribution in [0.4, 0.5) is 5.82 Å². The van der Waals surface area contributed by atoms with E-state index in [1.54, 1.807) is 0 Å². The topological polar surface area (TPSA) is 76.1 Å².